The third-order valence-electron chi connectivity index (χ3n) is 9.30. The van der Waals surface area contributed by atoms with E-state index in [-0.39, 0.29) is 17.7 Å². The lowest BCUT2D eigenvalue weighted by atomic mass is 9.90. The Labute approximate surface area is 262 Å². The van der Waals surface area contributed by atoms with Gasteiger partial charge in [-0.05, 0) is 86.1 Å². The minimum absolute atomic E-state index is 0.198. The SMILES string of the molecule is Cn1cncc1[C@H](NC(=O)OC1(C)CC1)C1=Cc2cccnc2[C@@H](N2CCN(C(=O)OC3(C)CC3)CC2)c2ccc(Cl)cc21. The number of hydrogen-bond acceptors (Lipinski definition) is 7. The third kappa shape index (κ3) is 5.68. The predicted molar refractivity (Wildman–Crippen MR) is 166 cm³/mol. The molecule has 3 fully saturated rings. The maximum Gasteiger partial charge on any atom is 0.410 e. The number of carbonyl (C=O) groups is 2. The van der Waals surface area contributed by atoms with Crippen molar-refractivity contribution in [2.24, 2.45) is 7.05 Å². The fourth-order valence-electron chi connectivity index (χ4n) is 6.12. The molecule has 2 saturated carbocycles. The zero-order chi connectivity index (χ0) is 30.6. The number of imidazole rings is 1. The van der Waals surface area contributed by atoms with Crippen molar-refractivity contribution in [3.05, 3.63) is 82.2 Å². The molecule has 11 heteroatoms. The van der Waals surface area contributed by atoms with Crippen LogP contribution in [-0.4, -0.2) is 73.9 Å². The topological polar surface area (TPSA) is 102 Å². The first kappa shape index (κ1) is 28.9. The van der Waals surface area contributed by atoms with Gasteiger partial charge in [0.25, 0.3) is 0 Å². The van der Waals surface area contributed by atoms with E-state index in [1.807, 2.05) is 49.9 Å². The van der Waals surface area contributed by atoms with Crippen molar-refractivity contribution in [1.82, 2.24) is 29.7 Å². The Balaban J connectivity index is 1.26. The van der Waals surface area contributed by atoms with Crippen molar-refractivity contribution < 1.29 is 19.1 Å². The number of nitrogens with one attached hydrogen (secondary N) is 1. The van der Waals surface area contributed by atoms with Crippen LogP contribution >= 0.6 is 11.6 Å². The molecule has 0 unspecified atom stereocenters. The Morgan fingerprint density at radius 1 is 1.05 bits per heavy atom. The normalized spacial score (nSPS) is 22.0. The highest BCUT2D eigenvalue weighted by Crippen LogP contribution is 2.45. The number of aryl methyl sites for hydroxylation is 1. The Morgan fingerprint density at radius 3 is 2.45 bits per heavy atom. The van der Waals surface area contributed by atoms with E-state index in [1.165, 1.54) is 0 Å². The Hall–Kier alpha value is -3.89. The summed E-state index contributed by atoms with van der Waals surface area (Å²) in [5.41, 5.74) is 4.72. The summed E-state index contributed by atoms with van der Waals surface area (Å²) in [5, 5.41) is 3.74. The van der Waals surface area contributed by atoms with E-state index < -0.39 is 17.7 Å². The maximum absolute atomic E-state index is 13.3. The van der Waals surface area contributed by atoms with Gasteiger partial charge in [-0.25, -0.2) is 14.6 Å². The largest absolute Gasteiger partial charge is 0.443 e. The third-order valence-corrected chi connectivity index (χ3v) is 9.54. The number of amides is 2. The summed E-state index contributed by atoms with van der Waals surface area (Å²) in [6, 6.07) is 9.12. The molecular weight excluding hydrogens is 580 g/mol. The molecule has 3 aromatic rings. The minimum atomic E-state index is -0.572. The van der Waals surface area contributed by atoms with Gasteiger partial charge in [0.15, 0.2) is 0 Å². The van der Waals surface area contributed by atoms with Crippen LogP contribution in [0.5, 0.6) is 0 Å². The molecule has 230 valence electrons. The van der Waals surface area contributed by atoms with Gasteiger partial charge in [0.1, 0.15) is 11.2 Å². The fraction of sp³-hybridized carbons (Fsp3) is 0.455. The van der Waals surface area contributed by atoms with E-state index >= 15 is 0 Å². The smallest absolute Gasteiger partial charge is 0.410 e. The highest BCUT2D eigenvalue weighted by molar-refractivity contribution is 6.30. The first-order valence-electron chi connectivity index (χ1n) is 15.3. The van der Waals surface area contributed by atoms with Gasteiger partial charge in [0.2, 0.25) is 0 Å². The van der Waals surface area contributed by atoms with Gasteiger partial charge in [-0.2, -0.15) is 0 Å². The van der Waals surface area contributed by atoms with Crippen LogP contribution < -0.4 is 5.32 Å². The van der Waals surface area contributed by atoms with Gasteiger partial charge in [0.05, 0.1) is 36.0 Å². The Morgan fingerprint density at radius 2 is 1.77 bits per heavy atom. The average Bonchev–Trinajstić information content (AvgIpc) is 3.88. The van der Waals surface area contributed by atoms with Crippen molar-refractivity contribution in [3.8, 4) is 0 Å². The molecule has 0 spiro atoms. The zero-order valence-electron chi connectivity index (χ0n) is 25.3. The van der Waals surface area contributed by atoms with Crippen molar-refractivity contribution >= 4 is 35.4 Å². The van der Waals surface area contributed by atoms with Gasteiger partial charge in [-0.1, -0.05) is 23.7 Å². The molecule has 1 aromatic carbocycles. The molecule has 3 heterocycles. The van der Waals surface area contributed by atoms with Crippen LogP contribution in [0.25, 0.3) is 11.6 Å². The van der Waals surface area contributed by atoms with Crippen LogP contribution in [-0.2, 0) is 16.5 Å². The van der Waals surface area contributed by atoms with Gasteiger partial charge in [-0.15, -0.1) is 0 Å². The molecule has 7 rings (SSSR count). The second-order valence-electron chi connectivity index (χ2n) is 12.9. The van der Waals surface area contributed by atoms with Crippen LogP contribution in [0.1, 0.15) is 79.7 Å². The molecule has 0 radical (unpaired) electrons. The minimum Gasteiger partial charge on any atom is -0.443 e. The first-order chi connectivity index (χ1) is 21.1. The summed E-state index contributed by atoms with van der Waals surface area (Å²) in [7, 11) is 1.91. The quantitative estimate of drug-likeness (QED) is 0.377. The van der Waals surface area contributed by atoms with E-state index in [1.54, 1.807) is 17.4 Å². The van der Waals surface area contributed by atoms with Crippen LogP contribution in [0.2, 0.25) is 5.02 Å². The summed E-state index contributed by atoms with van der Waals surface area (Å²) < 4.78 is 13.5. The number of carbonyl (C=O) groups excluding carboxylic acids is 2. The van der Waals surface area contributed by atoms with E-state index in [4.69, 9.17) is 26.1 Å². The predicted octanol–water partition coefficient (Wildman–Crippen LogP) is 5.74. The van der Waals surface area contributed by atoms with E-state index in [2.05, 4.69) is 33.4 Å². The highest BCUT2D eigenvalue weighted by atomic mass is 35.5. The van der Waals surface area contributed by atoms with Crippen LogP contribution in [0.4, 0.5) is 9.59 Å². The van der Waals surface area contributed by atoms with Gasteiger partial charge in [0, 0.05) is 44.4 Å². The number of alkyl carbamates (subject to hydrolysis) is 1. The number of ether oxygens (including phenoxy) is 2. The molecule has 3 aliphatic carbocycles. The summed E-state index contributed by atoms with van der Waals surface area (Å²) in [6.45, 7) is 6.35. The van der Waals surface area contributed by atoms with Gasteiger partial charge >= 0.3 is 12.2 Å². The standard InChI is InChI=1S/C33H37ClN6O4/c1-32(8-9-32)43-30(41)37-28(26-19-35-20-38(26)3)25-17-21-5-4-12-36-27(21)29(23-7-6-22(34)18-24(23)25)39-13-15-40(16-14-39)31(42)44-33(2)10-11-33/h4-7,12,17-20,28-29H,8-11,13-16H2,1-3H3,(H,37,41)/t28-,29+/m1/s1. The molecule has 2 atom stereocenters. The maximum atomic E-state index is 13.3. The number of pyridine rings is 1. The Bertz CT molecular complexity index is 1640. The number of hydrogen-bond donors (Lipinski definition) is 1. The summed E-state index contributed by atoms with van der Waals surface area (Å²) in [4.78, 5) is 39.6. The monoisotopic (exact) mass is 616 g/mol. The number of benzene rings is 1. The van der Waals surface area contributed by atoms with Crippen molar-refractivity contribution in [2.45, 2.75) is 62.8 Å². The summed E-state index contributed by atoms with van der Waals surface area (Å²) in [5.74, 6) is 0. The molecule has 2 amide bonds. The second kappa shape index (κ2) is 10.9. The second-order valence-corrected chi connectivity index (χ2v) is 13.3. The molecular formula is C33H37ClN6O4. The Kier molecular flexibility index (Phi) is 7.16. The van der Waals surface area contributed by atoms with Crippen LogP contribution in [0.15, 0.2) is 49.1 Å². The van der Waals surface area contributed by atoms with Crippen molar-refractivity contribution in [2.75, 3.05) is 26.2 Å². The lowest BCUT2D eigenvalue weighted by molar-refractivity contribution is 0.0380. The van der Waals surface area contributed by atoms with Crippen molar-refractivity contribution in [3.63, 3.8) is 0 Å². The molecule has 1 saturated heterocycles. The number of fused-ring (bicyclic) bond motifs is 2. The fourth-order valence-corrected chi connectivity index (χ4v) is 6.29. The number of rotatable bonds is 6. The lowest BCUT2D eigenvalue weighted by Gasteiger charge is -2.39. The number of nitrogens with zero attached hydrogens (tertiary/aromatic N) is 5. The average molecular weight is 617 g/mol. The van der Waals surface area contributed by atoms with Crippen LogP contribution in [0, 0.1) is 0 Å². The van der Waals surface area contributed by atoms with Gasteiger partial charge in [-0.3, -0.25) is 9.88 Å². The number of piperazine rings is 1. The van der Waals surface area contributed by atoms with E-state index in [0.717, 1.165) is 59.3 Å². The van der Waals surface area contributed by atoms with Gasteiger partial charge < -0.3 is 24.3 Å². The molecule has 44 heavy (non-hydrogen) atoms. The molecule has 10 nitrogen and oxygen atoms in total. The number of halogens is 1. The van der Waals surface area contributed by atoms with E-state index in [0.29, 0.717) is 31.2 Å². The molecule has 4 aliphatic rings. The number of aromatic nitrogens is 3. The molecule has 0 bridgehead atoms. The molecule has 1 aliphatic heterocycles. The summed E-state index contributed by atoms with van der Waals surface area (Å²) in [6.07, 6.45) is 10.2. The van der Waals surface area contributed by atoms with E-state index in [9.17, 15) is 9.59 Å². The summed E-state index contributed by atoms with van der Waals surface area (Å²) >= 11 is 6.67. The van der Waals surface area contributed by atoms with Crippen LogP contribution in [0.3, 0.4) is 0 Å². The first-order valence-corrected chi connectivity index (χ1v) is 15.6. The van der Waals surface area contributed by atoms with Crippen molar-refractivity contribution in [1.29, 1.82) is 0 Å². The highest BCUT2D eigenvalue weighted by Gasteiger charge is 2.44. The molecule has 2 aromatic heterocycles. The lowest BCUT2D eigenvalue weighted by Crippen LogP contribution is -2.50. The zero-order valence-corrected chi connectivity index (χ0v) is 26.0. The molecule has 1 N–H and O–H groups in total.